The van der Waals surface area contributed by atoms with E-state index in [2.05, 4.69) is 6.92 Å². The smallest absolute Gasteiger partial charge is 0.168 e. The molecule has 1 atom stereocenters. The summed E-state index contributed by atoms with van der Waals surface area (Å²) in [6.45, 7) is 3.88. The van der Waals surface area contributed by atoms with Crippen molar-refractivity contribution >= 4 is 0 Å². The second-order valence-electron chi connectivity index (χ2n) is 3.81. The summed E-state index contributed by atoms with van der Waals surface area (Å²) in [5, 5.41) is 0. The van der Waals surface area contributed by atoms with Crippen LogP contribution >= 0.6 is 0 Å². The van der Waals surface area contributed by atoms with E-state index in [1.807, 2.05) is 0 Å². The Balaban J connectivity index is 0.000000720. The molecule has 2 heteroatoms. The van der Waals surface area contributed by atoms with Gasteiger partial charge in [0.05, 0.1) is 13.2 Å². The molecule has 2 nitrogen and oxygen atoms in total. The van der Waals surface area contributed by atoms with Gasteiger partial charge in [0.2, 0.25) is 0 Å². The lowest BCUT2D eigenvalue weighted by Crippen LogP contribution is -2.35. The summed E-state index contributed by atoms with van der Waals surface area (Å²) in [4.78, 5) is 0. The van der Waals surface area contributed by atoms with Gasteiger partial charge in [-0.25, -0.2) is 0 Å². The summed E-state index contributed by atoms with van der Waals surface area (Å²) in [6, 6.07) is 0. The molecule has 1 saturated heterocycles. The standard InChI is InChI=1S/C9H16O2.H2/c1-8-3-2-4-9(7-8)10-5-6-11-9;/h8H,2-7H2,1H3;1H. The molecule has 0 aromatic heterocycles. The lowest BCUT2D eigenvalue weighted by Gasteiger charge is -2.34. The van der Waals surface area contributed by atoms with Gasteiger partial charge < -0.3 is 9.47 Å². The molecule has 2 aliphatic rings. The van der Waals surface area contributed by atoms with E-state index in [1.165, 1.54) is 12.8 Å². The molecule has 0 aromatic carbocycles. The number of rotatable bonds is 0. The first-order chi connectivity index (χ1) is 5.31. The highest BCUT2D eigenvalue weighted by atomic mass is 16.7. The number of hydrogen-bond acceptors (Lipinski definition) is 2. The molecular weight excluding hydrogens is 140 g/mol. The van der Waals surface area contributed by atoms with Crippen LogP contribution in [0.5, 0.6) is 0 Å². The van der Waals surface area contributed by atoms with Crippen LogP contribution in [-0.4, -0.2) is 19.0 Å². The quantitative estimate of drug-likeness (QED) is 0.538. The fraction of sp³-hybridized carbons (Fsp3) is 1.00. The topological polar surface area (TPSA) is 18.5 Å². The summed E-state index contributed by atoms with van der Waals surface area (Å²) in [5.74, 6) is 0.624. The van der Waals surface area contributed by atoms with E-state index in [0.717, 1.165) is 32.0 Å². The highest BCUT2D eigenvalue weighted by Crippen LogP contribution is 2.38. The van der Waals surface area contributed by atoms with Crippen LogP contribution in [0.4, 0.5) is 0 Å². The van der Waals surface area contributed by atoms with E-state index in [4.69, 9.17) is 9.47 Å². The maximum atomic E-state index is 5.63. The molecule has 1 aliphatic heterocycles. The molecule has 0 bridgehead atoms. The molecule has 0 N–H and O–H groups in total. The molecule has 2 rings (SSSR count). The summed E-state index contributed by atoms with van der Waals surface area (Å²) < 4.78 is 11.3. The van der Waals surface area contributed by atoms with Crippen molar-refractivity contribution in [3.05, 3.63) is 0 Å². The normalized spacial score (nSPS) is 36.3. The third-order valence-corrected chi connectivity index (χ3v) is 2.73. The van der Waals surface area contributed by atoms with Gasteiger partial charge in [-0.2, -0.15) is 0 Å². The lowest BCUT2D eigenvalue weighted by molar-refractivity contribution is -0.185. The Hall–Kier alpha value is -0.0800. The molecule has 0 aromatic rings. The van der Waals surface area contributed by atoms with E-state index < -0.39 is 0 Å². The minimum absolute atomic E-state index is 0. The Morgan fingerprint density at radius 2 is 2.09 bits per heavy atom. The van der Waals surface area contributed by atoms with Crippen molar-refractivity contribution < 1.29 is 10.9 Å². The molecule has 1 spiro atoms. The molecule has 11 heavy (non-hydrogen) atoms. The fourth-order valence-electron chi connectivity index (χ4n) is 2.21. The van der Waals surface area contributed by atoms with Crippen LogP contribution in [0.3, 0.4) is 0 Å². The zero-order chi connectivity index (χ0) is 7.73. The molecule has 1 heterocycles. The van der Waals surface area contributed by atoms with E-state index in [1.54, 1.807) is 0 Å². The van der Waals surface area contributed by atoms with Crippen molar-refractivity contribution in [2.24, 2.45) is 5.92 Å². The van der Waals surface area contributed by atoms with E-state index in [-0.39, 0.29) is 7.21 Å². The molecule has 0 radical (unpaired) electrons. The number of ether oxygens (including phenoxy) is 2. The van der Waals surface area contributed by atoms with Gasteiger partial charge >= 0.3 is 0 Å². The van der Waals surface area contributed by atoms with Gasteiger partial charge in [-0.1, -0.05) is 13.3 Å². The molecular formula is C9H18O2. The zero-order valence-corrected chi connectivity index (χ0v) is 7.14. The molecule has 0 amide bonds. The Labute approximate surface area is 69.4 Å². The van der Waals surface area contributed by atoms with Gasteiger partial charge in [0.1, 0.15) is 0 Å². The van der Waals surface area contributed by atoms with Crippen LogP contribution in [0.25, 0.3) is 0 Å². The van der Waals surface area contributed by atoms with Crippen molar-refractivity contribution in [3.63, 3.8) is 0 Å². The summed E-state index contributed by atoms with van der Waals surface area (Å²) in [5.41, 5.74) is 0. The van der Waals surface area contributed by atoms with Gasteiger partial charge in [-0.3, -0.25) is 0 Å². The molecule has 1 aliphatic carbocycles. The van der Waals surface area contributed by atoms with Crippen LogP contribution < -0.4 is 0 Å². The second-order valence-corrected chi connectivity index (χ2v) is 3.81. The van der Waals surface area contributed by atoms with Crippen molar-refractivity contribution in [1.82, 2.24) is 0 Å². The van der Waals surface area contributed by atoms with E-state index in [0.29, 0.717) is 0 Å². The maximum Gasteiger partial charge on any atom is 0.168 e. The van der Waals surface area contributed by atoms with Gasteiger partial charge in [0.25, 0.3) is 0 Å². The third-order valence-electron chi connectivity index (χ3n) is 2.73. The fourth-order valence-corrected chi connectivity index (χ4v) is 2.21. The van der Waals surface area contributed by atoms with Crippen LogP contribution in [0.2, 0.25) is 0 Å². The predicted molar refractivity (Wildman–Crippen MR) is 44.4 cm³/mol. The first-order valence-electron chi connectivity index (χ1n) is 4.59. The highest BCUT2D eigenvalue weighted by molar-refractivity contribution is 4.81. The van der Waals surface area contributed by atoms with E-state index >= 15 is 0 Å². The van der Waals surface area contributed by atoms with Crippen LogP contribution in [0.15, 0.2) is 0 Å². The molecule has 1 saturated carbocycles. The third kappa shape index (κ3) is 1.42. The monoisotopic (exact) mass is 158 g/mol. The van der Waals surface area contributed by atoms with Crippen LogP contribution in [-0.2, 0) is 9.47 Å². The number of hydrogen-bond donors (Lipinski definition) is 0. The first-order valence-corrected chi connectivity index (χ1v) is 4.59. The second kappa shape index (κ2) is 2.76. The predicted octanol–water partition coefficient (Wildman–Crippen LogP) is 2.19. The minimum Gasteiger partial charge on any atom is -0.348 e. The minimum atomic E-state index is -0.155. The zero-order valence-electron chi connectivity index (χ0n) is 7.14. The van der Waals surface area contributed by atoms with Crippen molar-refractivity contribution in [2.45, 2.75) is 38.4 Å². The summed E-state index contributed by atoms with van der Waals surface area (Å²) in [6.07, 6.45) is 4.82. The van der Waals surface area contributed by atoms with Gasteiger partial charge in [-0.15, -0.1) is 0 Å². The first kappa shape index (κ1) is 7.56. The SMILES string of the molecule is CC1CCCC2(C1)OCCO2.[HH]. The average Bonchev–Trinajstić information content (AvgIpc) is 2.37. The summed E-state index contributed by atoms with van der Waals surface area (Å²) in [7, 11) is 0. The lowest BCUT2D eigenvalue weighted by atomic mass is 9.86. The van der Waals surface area contributed by atoms with E-state index in [9.17, 15) is 0 Å². The summed E-state index contributed by atoms with van der Waals surface area (Å²) >= 11 is 0. The molecule has 1 unspecified atom stereocenters. The Kier molecular flexibility index (Phi) is 1.90. The maximum absolute atomic E-state index is 5.63. The Morgan fingerprint density at radius 1 is 1.36 bits per heavy atom. The van der Waals surface area contributed by atoms with Gasteiger partial charge in [-0.05, 0) is 12.3 Å². The Morgan fingerprint density at radius 3 is 2.73 bits per heavy atom. The highest BCUT2D eigenvalue weighted by Gasteiger charge is 2.39. The van der Waals surface area contributed by atoms with Crippen LogP contribution in [0, 0.1) is 5.92 Å². The van der Waals surface area contributed by atoms with Gasteiger partial charge in [0, 0.05) is 14.3 Å². The molecule has 66 valence electrons. The van der Waals surface area contributed by atoms with Gasteiger partial charge in [0.15, 0.2) is 5.79 Å². The van der Waals surface area contributed by atoms with Crippen LogP contribution in [0.1, 0.15) is 34.0 Å². The molecule has 2 fully saturated rings. The van der Waals surface area contributed by atoms with Crippen molar-refractivity contribution in [3.8, 4) is 0 Å². The Bertz CT molecular complexity index is 143. The van der Waals surface area contributed by atoms with Crippen molar-refractivity contribution in [2.75, 3.05) is 13.2 Å². The van der Waals surface area contributed by atoms with Crippen molar-refractivity contribution in [1.29, 1.82) is 0 Å². The largest absolute Gasteiger partial charge is 0.348 e. The average molecular weight is 158 g/mol.